The summed E-state index contributed by atoms with van der Waals surface area (Å²) >= 11 is 0. The van der Waals surface area contributed by atoms with Gasteiger partial charge in [-0.2, -0.15) is 0 Å². The maximum atomic E-state index is 5.38. The molecule has 324 valence electrons. The molecule has 3 aromatic heterocycles. The molecule has 0 radical (unpaired) electrons. The molecule has 3 heterocycles. The van der Waals surface area contributed by atoms with Gasteiger partial charge < -0.3 is 9.13 Å². The molecule has 15 rings (SSSR count). The number of allylic oxidation sites excluding steroid dienone is 2. The van der Waals surface area contributed by atoms with E-state index in [2.05, 4.69) is 221 Å². The third kappa shape index (κ3) is 5.44. The third-order valence-electron chi connectivity index (χ3n) is 15.4. The zero-order valence-electron chi connectivity index (χ0n) is 37.8. The Balaban J connectivity index is 0.903. The average Bonchev–Trinajstić information content (AvgIpc) is 4.13. The van der Waals surface area contributed by atoms with Crippen molar-refractivity contribution in [3.05, 3.63) is 245 Å². The van der Waals surface area contributed by atoms with Crippen LogP contribution >= 0.6 is 0 Å². The number of aromatic nitrogens is 5. The van der Waals surface area contributed by atoms with Crippen LogP contribution in [0, 0.1) is 0 Å². The number of rotatable bonds is 5. The monoisotopic (exact) mass is 881 g/mol. The quantitative estimate of drug-likeness (QED) is 0.173. The number of aryl methyl sites for hydroxylation is 1. The molecule has 0 unspecified atom stereocenters. The first kappa shape index (κ1) is 38.4. The van der Waals surface area contributed by atoms with Gasteiger partial charge >= 0.3 is 0 Å². The molecule has 0 saturated carbocycles. The lowest BCUT2D eigenvalue weighted by Crippen LogP contribution is -2.25. The molecule has 0 aliphatic heterocycles. The molecule has 0 bridgehead atoms. The van der Waals surface area contributed by atoms with E-state index in [1.807, 2.05) is 0 Å². The molecule has 0 N–H and O–H groups in total. The Labute approximate surface area is 400 Å². The highest BCUT2D eigenvalue weighted by molar-refractivity contribution is 5.97. The van der Waals surface area contributed by atoms with E-state index < -0.39 is 5.41 Å². The largest absolute Gasteiger partial charge is 0.313 e. The standard InChI is InChI=1S/C64H43N5/c1-8-22-53-45(15-1)46-16-2-9-23-54(46)64(53)55-24-10-3-17-47(55)48-38-33-42(39-56(48)64)63-66-61(40-29-34-43(35-30-40)68-57-25-11-4-18-49(57)50-19-5-12-26-58(50)68)65-62(67-63)41-31-36-44(37-32-41)69-59-27-13-6-20-51(59)52-21-7-14-28-60(52)69/h1-6,8-11,13-20,22-25,27-39H,7,12,21,26H2. The summed E-state index contributed by atoms with van der Waals surface area (Å²) in [6, 6.07) is 68.8. The molecule has 4 aliphatic carbocycles. The minimum absolute atomic E-state index is 0.478. The SMILES string of the molecule is C1=Cc2c(c3ccccc3n2-c2ccc(-c3nc(-c4ccc(-n5c6c(c7ccccc75)C=CCC6)cc4)nc(-c4ccc5c(c4)C4(c6ccccc6-c6ccccc64)c4ccccc4-5)n3)cc2)CC1. The van der Waals surface area contributed by atoms with Crippen LogP contribution in [0.1, 0.15) is 57.6 Å². The molecular weight excluding hydrogens is 839 g/mol. The van der Waals surface area contributed by atoms with Crippen molar-refractivity contribution < 1.29 is 0 Å². The number of benzene rings is 8. The third-order valence-corrected chi connectivity index (χ3v) is 15.4. The van der Waals surface area contributed by atoms with Crippen molar-refractivity contribution in [2.24, 2.45) is 0 Å². The molecular formula is C64H43N5. The lowest BCUT2D eigenvalue weighted by molar-refractivity contribution is 0.794. The van der Waals surface area contributed by atoms with E-state index in [1.165, 1.54) is 88.8 Å². The van der Waals surface area contributed by atoms with E-state index in [9.17, 15) is 0 Å². The van der Waals surface area contributed by atoms with Crippen LogP contribution in [0.4, 0.5) is 0 Å². The Hall–Kier alpha value is -8.67. The lowest BCUT2D eigenvalue weighted by atomic mass is 9.70. The van der Waals surface area contributed by atoms with Gasteiger partial charge in [0.05, 0.1) is 16.4 Å². The van der Waals surface area contributed by atoms with Crippen molar-refractivity contribution in [1.29, 1.82) is 0 Å². The Bertz CT molecular complexity index is 3950. The fourth-order valence-electron chi connectivity index (χ4n) is 12.4. The van der Waals surface area contributed by atoms with Crippen molar-refractivity contribution in [2.75, 3.05) is 0 Å². The Morgan fingerprint density at radius 1 is 0.391 bits per heavy atom. The van der Waals surface area contributed by atoms with Crippen molar-refractivity contribution in [3.63, 3.8) is 0 Å². The number of hydrogen-bond donors (Lipinski definition) is 0. The molecule has 11 aromatic rings. The topological polar surface area (TPSA) is 48.5 Å². The molecule has 0 amide bonds. The first-order valence-corrected chi connectivity index (χ1v) is 24.2. The van der Waals surface area contributed by atoms with Gasteiger partial charge in [-0.05, 0) is 149 Å². The van der Waals surface area contributed by atoms with Gasteiger partial charge in [-0.25, -0.2) is 15.0 Å². The van der Waals surface area contributed by atoms with Crippen molar-refractivity contribution in [2.45, 2.75) is 31.1 Å². The molecule has 0 saturated heterocycles. The zero-order chi connectivity index (χ0) is 45.2. The summed E-state index contributed by atoms with van der Waals surface area (Å²) in [4.78, 5) is 16.1. The molecule has 0 atom stereocenters. The Morgan fingerprint density at radius 2 is 0.870 bits per heavy atom. The summed E-state index contributed by atoms with van der Waals surface area (Å²) in [5, 5.41) is 2.61. The second kappa shape index (κ2) is 14.7. The first-order valence-electron chi connectivity index (χ1n) is 24.2. The van der Waals surface area contributed by atoms with Gasteiger partial charge in [0.2, 0.25) is 0 Å². The van der Waals surface area contributed by atoms with Gasteiger partial charge in [0.25, 0.3) is 0 Å². The van der Waals surface area contributed by atoms with Gasteiger partial charge in [0, 0.05) is 55.8 Å². The summed E-state index contributed by atoms with van der Waals surface area (Å²) < 4.78 is 4.83. The van der Waals surface area contributed by atoms with Crippen LogP contribution in [-0.2, 0) is 18.3 Å². The van der Waals surface area contributed by atoms with Gasteiger partial charge in [-0.1, -0.05) is 140 Å². The average molecular weight is 882 g/mol. The van der Waals surface area contributed by atoms with Crippen LogP contribution in [0.2, 0.25) is 0 Å². The highest BCUT2D eigenvalue weighted by Gasteiger charge is 2.51. The van der Waals surface area contributed by atoms with Crippen molar-refractivity contribution >= 4 is 34.0 Å². The first-order chi connectivity index (χ1) is 34.2. The molecule has 4 aliphatic rings. The maximum absolute atomic E-state index is 5.38. The fraction of sp³-hybridized carbons (Fsp3) is 0.0781. The normalized spacial score (nSPS) is 14.4. The molecule has 5 nitrogen and oxygen atoms in total. The van der Waals surface area contributed by atoms with Gasteiger partial charge in [0.1, 0.15) is 0 Å². The van der Waals surface area contributed by atoms with E-state index in [1.54, 1.807) is 0 Å². The van der Waals surface area contributed by atoms with Crippen LogP contribution < -0.4 is 0 Å². The smallest absolute Gasteiger partial charge is 0.164 e. The van der Waals surface area contributed by atoms with Crippen molar-refractivity contribution in [1.82, 2.24) is 24.1 Å². The van der Waals surface area contributed by atoms with E-state index in [4.69, 9.17) is 15.0 Å². The van der Waals surface area contributed by atoms with Crippen LogP contribution in [0.25, 0.3) is 102 Å². The van der Waals surface area contributed by atoms with Crippen LogP contribution in [0.3, 0.4) is 0 Å². The molecule has 5 heteroatoms. The highest BCUT2D eigenvalue weighted by atomic mass is 15.0. The van der Waals surface area contributed by atoms with Crippen molar-refractivity contribution in [3.8, 4) is 67.8 Å². The highest BCUT2D eigenvalue weighted by Crippen LogP contribution is 2.63. The second-order valence-electron chi connectivity index (χ2n) is 18.9. The zero-order valence-corrected chi connectivity index (χ0v) is 37.8. The molecule has 0 fully saturated rings. The molecule has 8 aromatic carbocycles. The lowest BCUT2D eigenvalue weighted by Gasteiger charge is -2.30. The number of nitrogens with zero attached hydrogens (tertiary/aromatic N) is 5. The van der Waals surface area contributed by atoms with E-state index in [0.29, 0.717) is 17.5 Å². The predicted molar refractivity (Wildman–Crippen MR) is 281 cm³/mol. The Kier molecular flexibility index (Phi) is 8.17. The van der Waals surface area contributed by atoms with Gasteiger partial charge in [-0.15, -0.1) is 0 Å². The summed E-state index contributed by atoms with van der Waals surface area (Å²) in [7, 11) is 0. The van der Waals surface area contributed by atoms with Gasteiger partial charge in [0.15, 0.2) is 17.5 Å². The van der Waals surface area contributed by atoms with E-state index >= 15 is 0 Å². The maximum Gasteiger partial charge on any atom is 0.164 e. The van der Waals surface area contributed by atoms with Crippen LogP contribution in [0.5, 0.6) is 0 Å². The summed E-state index contributed by atoms with van der Waals surface area (Å²) in [5.74, 6) is 1.92. The Morgan fingerprint density at radius 3 is 1.51 bits per heavy atom. The van der Waals surface area contributed by atoms with Gasteiger partial charge in [-0.3, -0.25) is 0 Å². The molecule has 69 heavy (non-hydrogen) atoms. The minimum atomic E-state index is -0.478. The number of para-hydroxylation sites is 2. The van der Waals surface area contributed by atoms with Crippen LogP contribution in [-0.4, -0.2) is 24.1 Å². The summed E-state index contributed by atoms with van der Waals surface area (Å²) in [6.07, 6.45) is 13.3. The minimum Gasteiger partial charge on any atom is -0.313 e. The fourth-order valence-corrected chi connectivity index (χ4v) is 12.4. The summed E-state index contributed by atoms with van der Waals surface area (Å²) in [6.45, 7) is 0. The number of fused-ring (bicyclic) bond motifs is 16. The second-order valence-corrected chi connectivity index (χ2v) is 18.9. The summed E-state index contributed by atoms with van der Waals surface area (Å²) in [5.41, 5.74) is 22.7. The van der Waals surface area contributed by atoms with E-state index in [-0.39, 0.29) is 0 Å². The predicted octanol–water partition coefficient (Wildman–Crippen LogP) is 15.0. The van der Waals surface area contributed by atoms with Crippen LogP contribution in [0.15, 0.2) is 200 Å². The number of hydrogen-bond acceptors (Lipinski definition) is 3. The van der Waals surface area contributed by atoms with E-state index in [0.717, 1.165) is 53.7 Å². The molecule has 1 spiro atoms.